The lowest BCUT2D eigenvalue weighted by atomic mass is 9.87. The smallest absolute Gasteiger partial charge is 0.303 e. The number of unbranched alkanes of at least 4 members (excludes halogenated alkanes) is 1. The topological polar surface area (TPSA) is 194 Å². The van der Waals surface area contributed by atoms with Crippen molar-refractivity contribution in [2.75, 3.05) is 71.3 Å². The number of nitrogens with zero attached hydrogens (tertiary/aromatic N) is 4. The summed E-state index contributed by atoms with van der Waals surface area (Å²) < 4.78 is 22.1. The second-order valence-electron chi connectivity index (χ2n) is 13.2. The molecule has 3 aromatic carbocycles. The van der Waals surface area contributed by atoms with Crippen LogP contribution in [0.2, 0.25) is 0 Å². The van der Waals surface area contributed by atoms with E-state index in [1.54, 1.807) is 6.20 Å². The van der Waals surface area contributed by atoms with E-state index in [1.165, 1.54) is 0 Å². The number of ether oxygens (including phenoxy) is 4. The molecule has 4 aromatic rings. The fourth-order valence-corrected chi connectivity index (χ4v) is 6.07. The second kappa shape index (κ2) is 24.9. The van der Waals surface area contributed by atoms with Crippen molar-refractivity contribution < 1.29 is 38.4 Å². The number of carboxylic acid groups (broad SMARTS) is 1. The summed E-state index contributed by atoms with van der Waals surface area (Å²) in [5.74, 6) is -1.46. The largest absolute Gasteiger partial charge is 0.481 e. The Balaban J connectivity index is 1.31. The zero-order chi connectivity index (χ0) is 39.8. The number of rotatable bonds is 28. The third kappa shape index (κ3) is 15.8. The summed E-state index contributed by atoms with van der Waals surface area (Å²) in [6.07, 6.45) is 2.92. The number of carbonyl (C=O) groups is 3. The average Bonchev–Trinajstić information content (AvgIpc) is 3.20. The van der Waals surface area contributed by atoms with Crippen molar-refractivity contribution in [1.82, 2.24) is 10.3 Å². The van der Waals surface area contributed by atoms with Gasteiger partial charge in [0.1, 0.15) is 11.9 Å². The molecule has 1 heterocycles. The number of fused-ring (bicyclic) bond motifs is 1. The number of aromatic nitrogens is 1. The Morgan fingerprint density at radius 1 is 0.839 bits per heavy atom. The Hall–Kier alpha value is -5.37. The van der Waals surface area contributed by atoms with Crippen molar-refractivity contribution in [3.8, 4) is 11.1 Å². The molecule has 14 nitrogen and oxygen atoms in total. The number of carbonyl (C=O) groups excluding carboxylic acids is 2. The summed E-state index contributed by atoms with van der Waals surface area (Å²) in [6.45, 7) is 4.98. The van der Waals surface area contributed by atoms with Gasteiger partial charge < -0.3 is 34.7 Å². The van der Waals surface area contributed by atoms with Gasteiger partial charge in [-0.15, -0.1) is 0 Å². The number of amides is 1. The summed E-state index contributed by atoms with van der Waals surface area (Å²) in [4.78, 5) is 45.8. The lowest BCUT2D eigenvalue weighted by Gasteiger charge is -2.22. The van der Waals surface area contributed by atoms with Gasteiger partial charge >= 0.3 is 5.97 Å². The maximum atomic E-state index is 13.8. The van der Waals surface area contributed by atoms with Crippen molar-refractivity contribution >= 4 is 34.3 Å². The summed E-state index contributed by atoms with van der Waals surface area (Å²) in [5, 5.41) is 21.5. The van der Waals surface area contributed by atoms with Crippen LogP contribution in [-0.2, 0) is 33.3 Å². The molecule has 1 aromatic heterocycles. The van der Waals surface area contributed by atoms with E-state index in [9.17, 15) is 19.5 Å². The molecule has 0 aliphatic carbocycles. The number of aliphatic carboxylic acids is 1. The third-order valence-corrected chi connectivity index (χ3v) is 8.93. The molecule has 0 saturated heterocycles. The van der Waals surface area contributed by atoms with Crippen molar-refractivity contribution in [2.45, 2.75) is 51.0 Å². The van der Waals surface area contributed by atoms with Gasteiger partial charge in [0.15, 0.2) is 5.78 Å². The Morgan fingerprint density at radius 2 is 1.54 bits per heavy atom. The molecule has 0 unspecified atom stereocenters. The molecule has 0 saturated carbocycles. The van der Waals surface area contributed by atoms with Crippen LogP contribution >= 0.6 is 0 Å². The number of hydrogen-bond acceptors (Lipinski definition) is 10. The molecule has 0 radical (unpaired) electrons. The minimum Gasteiger partial charge on any atom is -0.481 e. The van der Waals surface area contributed by atoms with Crippen molar-refractivity contribution in [3.05, 3.63) is 107 Å². The second-order valence-corrected chi connectivity index (χ2v) is 13.2. The first-order chi connectivity index (χ1) is 27.3. The van der Waals surface area contributed by atoms with E-state index >= 15 is 0 Å². The SMILES string of the molecule is Cc1ccnc(NCCCCC(=O)N[C@@H](COCCOCCOCCOCCN=[N+]=[N-])C(=O)C[C@@H](CC(=O)O)c2ccc(-c3cccc4ccccc34)cc2)c1. The Bertz CT molecular complexity index is 1860. The number of nitrogens with one attached hydrogen (secondary N) is 2. The van der Waals surface area contributed by atoms with Crippen molar-refractivity contribution in [1.29, 1.82) is 0 Å². The van der Waals surface area contributed by atoms with E-state index in [-0.39, 0.29) is 57.3 Å². The molecule has 0 bridgehead atoms. The Kier molecular flexibility index (Phi) is 19.3. The first kappa shape index (κ1) is 43.4. The van der Waals surface area contributed by atoms with E-state index in [0.29, 0.717) is 46.0 Å². The molecule has 0 spiro atoms. The minimum atomic E-state index is -1.02. The highest BCUT2D eigenvalue weighted by atomic mass is 16.6. The number of anilines is 1. The molecule has 56 heavy (non-hydrogen) atoms. The highest BCUT2D eigenvalue weighted by Crippen LogP contribution is 2.31. The van der Waals surface area contributed by atoms with Gasteiger partial charge in [0.2, 0.25) is 5.91 Å². The number of carboxylic acids is 1. The van der Waals surface area contributed by atoms with Gasteiger partial charge in [-0.1, -0.05) is 71.8 Å². The summed E-state index contributed by atoms with van der Waals surface area (Å²) in [6, 6.07) is 24.8. The molecule has 0 fully saturated rings. The van der Waals surface area contributed by atoms with Crippen LogP contribution in [0.5, 0.6) is 0 Å². The van der Waals surface area contributed by atoms with E-state index in [2.05, 4.69) is 49.9 Å². The van der Waals surface area contributed by atoms with E-state index in [0.717, 1.165) is 45.3 Å². The molecule has 0 aliphatic heterocycles. The normalized spacial score (nSPS) is 12.1. The van der Waals surface area contributed by atoms with Gasteiger partial charge in [-0.05, 0) is 70.5 Å². The molecule has 2 atom stereocenters. The monoisotopic (exact) mass is 768 g/mol. The van der Waals surface area contributed by atoms with Gasteiger partial charge in [-0.3, -0.25) is 14.4 Å². The van der Waals surface area contributed by atoms with E-state index in [4.69, 9.17) is 24.5 Å². The number of ketones is 1. The fourth-order valence-electron chi connectivity index (χ4n) is 6.07. The molecule has 298 valence electrons. The number of Topliss-reactive ketones (excluding diaryl/α,β-unsaturated/α-hetero) is 1. The zero-order valence-electron chi connectivity index (χ0n) is 31.9. The summed E-state index contributed by atoms with van der Waals surface area (Å²) in [5.41, 5.74) is 12.1. The first-order valence-electron chi connectivity index (χ1n) is 18.9. The first-order valence-corrected chi connectivity index (χ1v) is 18.9. The predicted octanol–water partition coefficient (Wildman–Crippen LogP) is 6.87. The number of azide groups is 1. The molecule has 14 heteroatoms. The quantitative estimate of drug-likeness (QED) is 0.0238. The van der Waals surface area contributed by atoms with E-state index in [1.807, 2.05) is 61.5 Å². The Morgan fingerprint density at radius 3 is 2.25 bits per heavy atom. The third-order valence-electron chi connectivity index (χ3n) is 8.93. The maximum Gasteiger partial charge on any atom is 0.303 e. The van der Waals surface area contributed by atoms with Gasteiger partial charge in [0.05, 0.1) is 59.3 Å². The maximum absolute atomic E-state index is 13.8. The summed E-state index contributed by atoms with van der Waals surface area (Å²) in [7, 11) is 0. The van der Waals surface area contributed by atoms with Gasteiger partial charge in [0, 0.05) is 43.0 Å². The highest BCUT2D eigenvalue weighted by Gasteiger charge is 2.26. The Labute approximate surface area is 327 Å². The number of pyridine rings is 1. The average molecular weight is 769 g/mol. The predicted molar refractivity (Wildman–Crippen MR) is 215 cm³/mol. The summed E-state index contributed by atoms with van der Waals surface area (Å²) >= 11 is 0. The molecule has 0 aliphatic rings. The van der Waals surface area contributed by atoms with Crippen molar-refractivity contribution in [3.63, 3.8) is 0 Å². The van der Waals surface area contributed by atoms with Crippen LogP contribution in [0, 0.1) is 6.92 Å². The van der Waals surface area contributed by atoms with Gasteiger partial charge in [-0.25, -0.2) is 4.98 Å². The lowest BCUT2D eigenvalue weighted by Crippen LogP contribution is -2.44. The fraction of sp³-hybridized carbons (Fsp3) is 0.429. The number of hydrogen-bond donors (Lipinski definition) is 3. The molecule has 3 N–H and O–H groups in total. The number of benzene rings is 3. The molecule has 1 amide bonds. The van der Waals surface area contributed by atoms with Gasteiger partial charge in [-0.2, -0.15) is 0 Å². The molecule has 4 rings (SSSR count). The number of aryl methyl sites for hydroxylation is 1. The van der Waals surface area contributed by atoms with Crippen LogP contribution in [0.4, 0.5) is 5.82 Å². The standard InChI is InChI=1S/C42H52N6O8/c1-31-16-18-45-40(27-31)44-17-5-4-11-41(50)47-38(30-56-26-25-55-24-23-54-22-21-53-20-19-46-48-43)39(49)28-35(29-42(51)52)32-12-14-34(15-13-32)37-10-6-8-33-7-2-3-9-36(33)37/h2-3,6-10,12-16,18,27,35,38H,4-5,11,17,19-26,28-30H2,1H3,(H,44,45)(H,47,50)(H,51,52)/t35-,38-/m0/s1. The van der Waals surface area contributed by atoms with Crippen LogP contribution in [-0.4, -0.2) is 99.7 Å². The van der Waals surface area contributed by atoms with Crippen LogP contribution in [0.1, 0.15) is 49.1 Å². The van der Waals surface area contributed by atoms with Crippen molar-refractivity contribution in [2.24, 2.45) is 5.11 Å². The van der Waals surface area contributed by atoms with Crippen LogP contribution in [0.25, 0.3) is 32.3 Å². The van der Waals surface area contributed by atoms with Crippen LogP contribution in [0.15, 0.2) is 90.2 Å². The van der Waals surface area contributed by atoms with Gasteiger partial charge in [0.25, 0.3) is 0 Å². The van der Waals surface area contributed by atoms with E-state index < -0.39 is 17.9 Å². The minimum absolute atomic E-state index is 0.0853. The van der Waals surface area contributed by atoms with Crippen LogP contribution in [0.3, 0.4) is 0 Å². The molecular weight excluding hydrogens is 716 g/mol. The lowest BCUT2D eigenvalue weighted by molar-refractivity contribution is -0.137. The highest BCUT2D eigenvalue weighted by molar-refractivity contribution is 5.96. The zero-order valence-corrected chi connectivity index (χ0v) is 31.9. The van der Waals surface area contributed by atoms with Crippen LogP contribution < -0.4 is 10.6 Å². The molecular formula is C42H52N6O8.